The fourth-order valence-corrected chi connectivity index (χ4v) is 3.75. The molecule has 0 aromatic carbocycles. The van der Waals surface area contributed by atoms with Gasteiger partial charge in [-0.25, -0.2) is 0 Å². The van der Waals surface area contributed by atoms with Crippen LogP contribution in [0.3, 0.4) is 0 Å². The maximum atomic E-state index is 6.00. The third-order valence-electron chi connectivity index (χ3n) is 3.18. The van der Waals surface area contributed by atoms with Crippen LogP contribution in [0.15, 0.2) is 4.52 Å². The number of aromatic nitrogens is 2. The van der Waals surface area contributed by atoms with Crippen LogP contribution < -0.4 is 5.73 Å². The summed E-state index contributed by atoms with van der Waals surface area (Å²) < 4.78 is 5.23. The van der Waals surface area contributed by atoms with Crippen LogP contribution in [0.2, 0.25) is 0 Å². The van der Waals surface area contributed by atoms with E-state index < -0.39 is 0 Å². The molecule has 4 nitrogen and oxygen atoms in total. The van der Waals surface area contributed by atoms with Gasteiger partial charge in [0, 0.05) is 5.25 Å². The van der Waals surface area contributed by atoms with Crippen molar-refractivity contribution in [2.24, 2.45) is 5.73 Å². The lowest BCUT2D eigenvalue weighted by molar-refractivity contribution is 0.350. The first-order valence-electron chi connectivity index (χ1n) is 6.48. The first-order chi connectivity index (χ1) is 8.79. The maximum Gasteiger partial charge on any atom is 0.243 e. The second-order valence-electron chi connectivity index (χ2n) is 4.65. The third-order valence-corrected chi connectivity index (χ3v) is 5.20. The molecule has 6 heteroatoms. The normalized spacial score (nSPS) is 18.3. The Morgan fingerprint density at radius 1 is 1.44 bits per heavy atom. The highest BCUT2D eigenvalue weighted by Gasteiger charge is 2.18. The molecule has 1 fully saturated rings. The van der Waals surface area contributed by atoms with Crippen molar-refractivity contribution in [2.75, 3.05) is 12.0 Å². The summed E-state index contributed by atoms with van der Waals surface area (Å²) in [5, 5.41) is 4.80. The van der Waals surface area contributed by atoms with Crippen LogP contribution in [-0.2, 0) is 5.75 Å². The zero-order valence-corrected chi connectivity index (χ0v) is 12.4. The van der Waals surface area contributed by atoms with Crippen LogP contribution in [0.25, 0.3) is 0 Å². The Morgan fingerprint density at radius 2 is 2.22 bits per heavy atom. The van der Waals surface area contributed by atoms with Gasteiger partial charge < -0.3 is 10.3 Å². The summed E-state index contributed by atoms with van der Waals surface area (Å²) in [7, 11) is 0. The predicted octanol–water partition coefficient (Wildman–Crippen LogP) is 3.00. The Hall–Kier alpha value is -0.200. The lowest BCUT2D eigenvalue weighted by Crippen LogP contribution is -2.11. The van der Waals surface area contributed by atoms with Crippen molar-refractivity contribution in [3.05, 3.63) is 11.7 Å². The summed E-state index contributed by atoms with van der Waals surface area (Å²) in [4.78, 5) is 4.39. The van der Waals surface area contributed by atoms with E-state index in [1.54, 1.807) is 11.8 Å². The molecule has 1 unspecified atom stereocenters. The largest absolute Gasteiger partial charge is 0.338 e. The molecule has 1 aliphatic rings. The van der Waals surface area contributed by atoms with Crippen LogP contribution in [0, 0.1) is 0 Å². The van der Waals surface area contributed by atoms with Crippen molar-refractivity contribution >= 4 is 23.5 Å². The van der Waals surface area contributed by atoms with Crippen LogP contribution >= 0.6 is 23.5 Å². The van der Waals surface area contributed by atoms with Gasteiger partial charge in [-0.3, -0.25) is 0 Å². The summed E-state index contributed by atoms with van der Waals surface area (Å²) in [5.74, 6) is 3.26. The molecule has 2 rings (SSSR count). The molecule has 0 radical (unpaired) electrons. The van der Waals surface area contributed by atoms with Crippen LogP contribution in [0.1, 0.15) is 49.9 Å². The standard InChI is InChI=1S/C12H21N3OS2/c1-17-7-6-10(13)12-14-11(15-16-12)8-18-9-4-2-3-5-9/h9-10H,2-8,13H2,1H3. The molecule has 18 heavy (non-hydrogen) atoms. The molecule has 1 aromatic heterocycles. The van der Waals surface area contributed by atoms with E-state index in [0.29, 0.717) is 5.89 Å². The zero-order chi connectivity index (χ0) is 12.8. The van der Waals surface area contributed by atoms with Crippen molar-refractivity contribution in [1.29, 1.82) is 0 Å². The van der Waals surface area contributed by atoms with E-state index in [0.717, 1.165) is 29.0 Å². The van der Waals surface area contributed by atoms with E-state index in [4.69, 9.17) is 10.3 Å². The Morgan fingerprint density at radius 3 is 2.94 bits per heavy atom. The number of thioether (sulfide) groups is 2. The Balaban J connectivity index is 1.77. The smallest absolute Gasteiger partial charge is 0.243 e. The average molecular weight is 287 g/mol. The molecule has 0 bridgehead atoms. The molecular weight excluding hydrogens is 266 g/mol. The molecule has 0 saturated heterocycles. The molecule has 1 saturated carbocycles. The summed E-state index contributed by atoms with van der Waals surface area (Å²) >= 11 is 3.73. The summed E-state index contributed by atoms with van der Waals surface area (Å²) in [5.41, 5.74) is 6.00. The predicted molar refractivity (Wildman–Crippen MR) is 77.8 cm³/mol. The quantitative estimate of drug-likeness (QED) is 0.831. The van der Waals surface area contributed by atoms with E-state index in [9.17, 15) is 0 Å². The molecule has 2 N–H and O–H groups in total. The first kappa shape index (κ1) is 14.2. The third kappa shape index (κ3) is 4.17. The highest BCUT2D eigenvalue weighted by Crippen LogP contribution is 2.31. The van der Waals surface area contributed by atoms with Gasteiger partial charge in [-0.05, 0) is 31.3 Å². The zero-order valence-electron chi connectivity index (χ0n) is 10.8. The maximum absolute atomic E-state index is 6.00. The minimum Gasteiger partial charge on any atom is -0.338 e. The van der Waals surface area contributed by atoms with Crippen LogP contribution in [-0.4, -0.2) is 27.4 Å². The molecular formula is C12H21N3OS2. The number of hydrogen-bond donors (Lipinski definition) is 1. The van der Waals surface area contributed by atoms with Crippen molar-refractivity contribution < 1.29 is 4.52 Å². The molecule has 1 heterocycles. The number of nitrogens with zero attached hydrogens (tertiary/aromatic N) is 2. The van der Waals surface area contributed by atoms with Gasteiger partial charge in [0.1, 0.15) is 0 Å². The van der Waals surface area contributed by atoms with Gasteiger partial charge in [-0.1, -0.05) is 18.0 Å². The molecule has 1 aromatic rings. The second-order valence-corrected chi connectivity index (χ2v) is 6.93. The van der Waals surface area contributed by atoms with Crippen molar-refractivity contribution in [3.63, 3.8) is 0 Å². The molecule has 0 aliphatic heterocycles. The minimum absolute atomic E-state index is 0.116. The summed E-state index contributed by atoms with van der Waals surface area (Å²) in [6.45, 7) is 0. The summed E-state index contributed by atoms with van der Waals surface area (Å²) in [6, 6.07) is -0.116. The molecule has 102 valence electrons. The molecule has 0 spiro atoms. The lowest BCUT2D eigenvalue weighted by Gasteiger charge is -2.05. The van der Waals surface area contributed by atoms with Gasteiger partial charge in [0.05, 0.1) is 11.8 Å². The number of nitrogens with two attached hydrogens (primary N) is 1. The Kier molecular flexibility index (Phi) is 5.85. The van der Waals surface area contributed by atoms with Gasteiger partial charge in [-0.15, -0.1) is 0 Å². The topological polar surface area (TPSA) is 64.9 Å². The molecule has 1 atom stereocenters. The number of hydrogen-bond acceptors (Lipinski definition) is 6. The van der Waals surface area contributed by atoms with Gasteiger partial charge >= 0.3 is 0 Å². The van der Waals surface area contributed by atoms with Crippen LogP contribution in [0.5, 0.6) is 0 Å². The van der Waals surface area contributed by atoms with Gasteiger partial charge in [-0.2, -0.15) is 28.5 Å². The van der Waals surface area contributed by atoms with Gasteiger partial charge in [0.25, 0.3) is 0 Å². The van der Waals surface area contributed by atoms with E-state index in [1.165, 1.54) is 25.7 Å². The Bertz CT molecular complexity index is 353. The van der Waals surface area contributed by atoms with Crippen molar-refractivity contribution in [2.45, 2.75) is 49.1 Å². The van der Waals surface area contributed by atoms with E-state index in [2.05, 4.69) is 16.4 Å². The SMILES string of the molecule is CSCCC(N)c1nc(CSC2CCCC2)no1. The lowest BCUT2D eigenvalue weighted by atomic mass is 10.2. The highest BCUT2D eigenvalue weighted by atomic mass is 32.2. The monoisotopic (exact) mass is 287 g/mol. The van der Waals surface area contributed by atoms with Gasteiger partial charge in [0.2, 0.25) is 5.89 Å². The Labute approximate surface area is 117 Å². The second kappa shape index (κ2) is 7.40. The summed E-state index contributed by atoms with van der Waals surface area (Å²) in [6.07, 6.45) is 8.37. The van der Waals surface area contributed by atoms with E-state index in [1.807, 2.05) is 11.8 Å². The fourth-order valence-electron chi connectivity index (χ4n) is 2.09. The van der Waals surface area contributed by atoms with Gasteiger partial charge in [0.15, 0.2) is 5.82 Å². The van der Waals surface area contributed by atoms with E-state index >= 15 is 0 Å². The van der Waals surface area contributed by atoms with Crippen molar-refractivity contribution in [1.82, 2.24) is 10.1 Å². The first-order valence-corrected chi connectivity index (χ1v) is 8.92. The van der Waals surface area contributed by atoms with Crippen molar-refractivity contribution in [3.8, 4) is 0 Å². The van der Waals surface area contributed by atoms with E-state index in [-0.39, 0.29) is 6.04 Å². The average Bonchev–Trinajstić information content (AvgIpc) is 3.04. The van der Waals surface area contributed by atoms with Crippen LogP contribution in [0.4, 0.5) is 0 Å². The molecule has 1 aliphatic carbocycles. The highest BCUT2D eigenvalue weighted by molar-refractivity contribution is 7.99. The molecule has 0 amide bonds. The fraction of sp³-hybridized carbons (Fsp3) is 0.833. The minimum atomic E-state index is -0.116. The number of rotatable bonds is 7.